The van der Waals surface area contributed by atoms with Crippen molar-refractivity contribution < 1.29 is 27.5 Å². The van der Waals surface area contributed by atoms with E-state index in [1.54, 1.807) is 0 Å². The van der Waals surface area contributed by atoms with Crippen molar-refractivity contribution in [1.29, 1.82) is 0 Å². The van der Waals surface area contributed by atoms with Gasteiger partial charge in [0.2, 0.25) is 15.9 Å². The predicted octanol–water partition coefficient (Wildman–Crippen LogP) is 3.32. The standard InChI is InChI=1S/C27H33N3O6S/c1-19(31)28-22-11-13-23(14-12-22)37(34,35)30-16-15-20-7-5-6-10-24(20)25(30)17-27(33)36-18-26(32)29-21-8-3-2-4-9-21/h5-7,10-14,21,25H,2-4,8-9,15-18H2,1H3,(H,28,31)(H,29,32). The summed E-state index contributed by atoms with van der Waals surface area (Å²) in [5.41, 5.74) is 2.21. The van der Waals surface area contributed by atoms with Gasteiger partial charge >= 0.3 is 5.97 Å². The van der Waals surface area contributed by atoms with Crippen LogP contribution in [-0.4, -0.2) is 49.7 Å². The fourth-order valence-electron chi connectivity index (χ4n) is 5.06. The van der Waals surface area contributed by atoms with E-state index in [1.165, 1.54) is 41.9 Å². The second-order valence-corrected chi connectivity index (χ2v) is 11.4. The number of hydrogen-bond acceptors (Lipinski definition) is 6. The van der Waals surface area contributed by atoms with Gasteiger partial charge in [-0.2, -0.15) is 4.31 Å². The second-order valence-electron chi connectivity index (χ2n) is 9.55. The molecule has 1 fully saturated rings. The molecule has 10 heteroatoms. The van der Waals surface area contributed by atoms with Gasteiger partial charge in [-0.1, -0.05) is 43.5 Å². The van der Waals surface area contributed by atoms with Crippen LogP contribution in [0.1, 0.15) is 62.6 Å². The quantitative estimate of drug-likeness (QED) is 0.508. The molecule has 0 aromatic heterocycles. The zero-order valence-electron chi connectivity index (χ0n) is 20.9. The van der Waals surface area contributed by atoms with Crippen molar-refractivity contribution in [1.82, 2.24) is 9.62 Å². The minimum atomic E-state index is -3.96. The molecule has 0 radical (unpaired) electrons. The van der Waals surface area contributed by atoms with Crippen molar-refractivity contribution >= 4 is 33.5 Å². The fourth-order valence-corrected chi connectivity index (χ4v) is 6.66. The second kappa shape index (κ2) is 11.9. The maximum Gasteiger partial charge on any atom is 0.308 e. The molecule has 1 atom stereocenters. The van der Waals surface area contributed by atoms with Gasteiger partial charge in [-0.15, -0.1) is 0 Å². The third-order valence-corrected chi connectivity index (χ3v) is 8.76. The molecule has 2 amide bonds. The zero-order chi connectivity index (χ0) is 26.4. The first-order valence-corrected chi connectivity index (χ1v) is 14.1. The van der Waals surface area contributed by atoms with Crippen LogP contribution in [0.15, 0.2) is 53.4 Å². The van der Waals surface area contributed by atoms with E-state index in [-0.39, 0.29) is 42.3 Å². The number of sulfonamides is 1. The van der Waals surface area contributed by atoms with Crippen LogP contribution in [0.2, 0.25) is 0 Å². The van der Waals surface area contributed by atoms with Crippen LogP contribution in [0.4, 0.5) is 5.69 Å². The van der Waals surface area contributed by atoms with E-state index in [4.69, 9.17) is 4.74 Å². The largest absolute Gasteiger partial charge is 0.456 e. The van der Waals surface area contributed by atoms with Gasteiger partial charge in [-0.3, -0.25) is 14.4 Å². The minimum Gasteiger partial charge on any atom is -0.456 e. The van der Waals surface area contributed by atoms with Gasteiger partial charge in [0.25, 0.3) is 5.91 Å². The number of nitrogens with one attached hydrogen (secondary N) is 2. The first kappa shape index (κ1) is 26.8. The Morgan fingerprint density at radius 1 is 1.00 bits per heavy atom. The number of esters is 1. The highest BCUT2D eigenvalue weighted by Crippen LogP contribution is 2.36. The number of rotatable bonds is 8. The molecule has 1 unspecified atom stereocenters. The maximum atomic E-state index is 13.6. The Hall–Kier alpha value is -3.24. The Balaban J connectivity index is 1.48. The minimum absolute atomic E-state index is 0.0613. The van der Waals surface area contributed by atoms with Crippen LogP contribution in [0, 0.1) is 0 Å². The Morgan fingerprint density at radius 2 is 1.70 bits per heavy atom. The summed E-state index contributed by atoms with van der Waals surface area (Å²) in [6.07, 6.45) is 5.47. The van der Waals surface area contributed by atoms with Crippen molar-refractivity contribution in [2.75, 3.05) is 18.5 Å². The van der Waals surface area contributed by atoms with Gasteiger partial charge in [0, 0.05) is 25.2 Å². The zero-order valence-corrected chi connectivity index (χ0v) is 21.8. The lowest BCUT2D eigenvalue weighted by molar-refractivity contribution is -0.149. The summed E-state index contributed by atoms with van der Waals surface area (Å²) < 4.78 is 33.9. The van der Waals surface area contributed by atoms with Crippen molar-refractivity contribution in [3.8, 4) is 0 Å². The third kappa shape index (κ3) is 6.75. The molecular weight excluding hydrogens is 494 g/mol. The van der Waals surface area contributed by atoms with Gasteiger partial charge in [-0.05, 0) is 54.7 Å². The molecule has 2 aliphatic rings. The molecule has 0 bridgehead atoms. The number of fused-ring (bicyclic) bond motifs is 1. The van der Waals surface area contributed by atoms with Gasteiger partial charge in [0.15, 0.2) is 6.61 Å². The number of benzene rings is 2. The number of amides is 2. The lowest BCUT2D eigenvalue weighted by atomic mass is 9.92. The fraction of sp³-hybridized carbons (Fsp3) is 0.444. The lowest BCUT2D eigenvalue weighted by Crippen LogP contribution is -2.41. The van der Waals surface area contributed by atoms with Crippen molar-refractivity contribution in [2.24, 2.45) is 0 Å². The molecule has 1 aliphatic carbocycles. The lowest BCUT2D eigenvalue weighted by Gasteiger charge is -2.36. The number of ether oxygens (including phenoxy) is 1. The average Bonchev–Trinajstić information content (AvgIpc) is 2.88. The summed E-state index contributed by atoms with van der Waals surface area (Å²) >= 11 is 0. The summed E-state index contributed by atoms with van der Waals surface area (Å²) in [6.45, 7) is 1.19. The molecule has 2 aromatic rings. The van der Waals surface area contributed by atoms with E-state index < -0.39 is 22.0 Å². The molecule has 1 saturated carbocycles. The Morgan fingerprint density at radius 3 is 2.41 bits per heavy atom. The highest BCUT2D eigenvalue weighted by atomic mass is 32.2. The number of anilines is 1. The van der Waals surface area contributed by atoms with Gasteiger partial charge in [0.05, 0.1) is 17.4 Å². The van der Waals surface area contributed by atoms with E-state index in [2.05, 4.69) is 10.6 Å². The van der Waals surface area contributed by atoms with Crippen LogP contribution in [-0.2, 0) is 35.6 Å². The Bertz CT molecular complexity index is 1240. The summed E-state index contributed by atoms with van der Waals surface area (Å²) in [5, 5.41) is 5.53. The topological polar surface area (TPSA) is 122 Å². The highest BCUT2D eigenvalue weighted by Gasteiger charge is 2.38. The third-order valence-electron chi connectivity index (χ3n) is 6.84. The van der Waals surface area contributed by atoms with E-state index >= 15 is 0 Å². The summed E-state index contributed by atoms with van der Waals surface area (Å²) in [4.78, 5) is 36.5. The average molecular weight is 528 g/mol. The molecule has 4 rings (SSSR count). The van der Waals surface area contributed by atoms with Gasteiger partial charge in [-0.25, -0.2) is 8.42 Å². The van der Waals surface area contributed by atoms with Crippen molar-refractivity contribution in [3.05, 3.63) is 59.7 Å². The number of nitrogens with zero attached hydrogens (tertiary/aromatic N) is 1. The van der Waals surface area contributed by atoms with E-state index in [0.717, 1.165) is 36.8 Å². The Labute approximate surface area is 217 Å². The molecule has 0 saturated heterocycles. The predicted molar refractivity (Wildman–Crippen MR) is 138 cm³/mol. The SMILES string of the molecule is CC(=O)Nc1ccc(S(=O)(=O)N2CCc3ccccc3C2CC(=O)OCC(=O)NC2CCCCC2)cc1. The van der Waals surface area contributed by atoms with Crippen LogP contribution in [0.5, 0.6) is 0 Å². The molecule has 198 valence electrons. The summed E-state index contributed by atoms with van der Waals surface area (Å²) in [6, 6.07) is 12.7. The normalized spacial score (nSPS) is 18.5. The summed E-state index contributed by atoms with van der Waals surface area (Å²) in [7, 11) is -3.96. The van der Waals surface area contributed by atoms with E-state index in [0.29, 0.717) is 12.1 Å². The number of carbonyl (C=O) groups is 3. The smallest absolute Gasteiger partial charge is 0.308 e. The summed E-state index contributed by atoms with van der Waals surface area (Å²) in [5.74, 6) is -1.23. The van der Waals surface area contributed by atoms with Crippen LogP contribution in [0.3, 0.4) is 0 Å². The molecule has 2 aromatic carbocycles. The number of hydrogen-bond donors (Lipinski definition) is 2. The monoisotopic (exact) mass is 527 g/mol. The Kier molecular flexibility index (Phi) is 8.60. The van der Waals surface area contributed by atoms with E-state index in [9.17, 15) is 22.8 Å². The van der Waals surface area contributed by atoms with Crippen LogP contribution in [0.25, 0.3) is 0 Å². The highest BCUT2D eigenvalue weighted by molar-refractivity contribution is 7.89. The number of carbonyl (C=O) groups excluding carboxylic acids is 3. The first-order valence-electron chi connectivity index (χ1n) is 12.7. The molecule has 1 aliphatic heterocycles. The molecule has 37 heavy (non-hydrogen) atoms. The molecule has 2 N–H and O–H groups in total. The van der Waals surface area contributed by atoms with Crippen molar-refractivity contribution in [3.63, 3.8) is 0 Å². The molecular formula is C27H33N3O6S. The molecule has 1 heterocycles. The molecule has 0 spiro atoms. The van der Waals surface area contributed by atoms with Crippen LogP contribution >= 0.6 is 0 Å². The van der Waals surface area contributed by atoms with Crippen molar-refractivity contribution in [2.45, 2.75) is 68.8 Å². The van der Waals surface area contributed by atoms with Crippen LogP contribution < -0.4 is 10.6 Å². The van der Waals surface area contributed by atoms with Gasteiger partial charge in [0.1, 0.15) is 0 Å². The van der Waals surface area contributed by atoms with E-state index in [1.807, 2.05) is 24.3 Å². The maximum absolute atomic E-state index is 13.6. The van der Waals surface area contributed by atoms with Gasteiger partial charge < -0.3 is 15.4 Å². The molecule has 9 nitrogen and oxygen atoms in total. The first-order chi connectivity index (χ1) is 17.7.